The van der Waals surface area contributed by atoms with Gasteiger partial charge in [-0.05, 0) is 241 Å². The normalized spacial score (nSPS) is 18.2. The van der Waals surface area contributed by atoms with E-state index in [2.05, 4.69) is 58.0 Å². The molecule has 2 bridgehead atoms. The monoisotopic (exact) mass is 852 g/mol. The Balaban J connectivity index is 0.919. The Hall–Kier alpha value is -5.62. The molecule has 330 valence electrons. The second-order valence-corrected chi connectivity index (χ2v) is 19.5. The molecule has 2 aromatic heterocycles. The van der Waals surface area contributed by atoms with Crippen LogP contribution in [0.25, 0.3) is 39.2 Å². The summed E-state index contributed by atoms with van der Waals surface area (Å²) in [4.78, 5) is 9.72. The largest absolute Gasteiger partial charge is 0.507 e. The van der Waals surface area contributed by atoms with Crippen molar-refractivity contribution < 1.29 is 19.7 Å². The van der Waals surface area contributed by atoms with Gasteiger partial charge in [0.25, 0.3) is 0 Å². The number of phenols is 2. The third-order valence-corrected chi connectivity index (χ3v) is 14.6. The number of benzene rings is 3. The Kier molecular flexibility index (Phi) is 12.0. The fraction of sp³-hybridized carbons (Fsp3) is 0.414. The van der Waals surface area contributed by atoms with Gasteiger partial charge in [-0.15, -0.1) is 0 Å². The summed E-state index contributed by atoms with van der Waals surface area (Å²) in [5.74, 6) is 1.82. The Morgan fingerprint density at radius 3 is 1.73 bits per heavy atom. The minimum Gasteiger partial charge on any atom is -0.507 e. The number of hydrogen-bond donors (Lipinski definition) is 2. The van der Waals surface area contributed by atoms with Crippen molar-refractivity contribution in [1.29, 1.82) is 0 Å². The predicted molar refractivity (Wildman–Crippen MR) is 259 cm³/mol. The SMILES string of the molecule is Cc1cc(C2=C3CCCCC(=CC4=C2CCCC4)C3)c(O)c(-c2ncccc2O[C@H](C)CC(C)Oc2cccnc2-c2cc(C)cc(-c3c4c(cc5c3CCCC5)CCCC4)c2O)c1. The number of aryl methyl sites for hydroxylation is 4. The lowest BCUT2D eigenvalue weighted by Crippen LogP contribution is -2.23. The molecule has 6 nitrogen and oxygen atoms in total. The summed E-state index contributed by atoms with van der Waals surface area (Å²) in [5, 5.41) is 24.7. The number of pyridine rings is 2. The number of phenolic OH excluding ortho intramolecular Hbond substituents is 2. The van der Waals surface area contributed by atoms with Gasteiger partial charge in [-0.1, -0.05) is 23.3 Å². The van der Waals surface area contributed by atoms with Gasteiger partial charge in [0.2, 0.25) is 0 Å². The highest BCUT2D eigenvalue weighted by Gasteiger charge is 2.30. The van der Waals surface area contributed by atoms with Gasteiger partial charge in [0.15, 0.2) is 0 Å². The van der Waals surface area contributed by atoms with Crippen LogP contribution in [-0.4, -0.2) is 32.4 Å². The number of ether oxygens (including phenoxy) is 2. The average Bonchev–Trinajstić information content (AvgIpc) is 3.62. The third kappa shape index (κ3) is 8.30. The van der Waals surface area contributed by atoms with E-state index in [1.807, 2.05) is 30.3 Å². The first-order valence-electron chi connectivity index (χ1n) is 24.4. The van der Waals surface area contributed by atoms with Crippen LogP contribution in [0.4, 0.5) is 0 Å². The number of fused-ring (bicyclic) bond motifs is 4. The van der Waals surface area contributed by atoms with E-state index in [-0.39, 0.29) is 23.7 Å². The first-order chi connectivity index (χ1) is 31.2. The van der Waals surface area contributed by atoms with Gasteiger partial charge in [-0.3, -0.25) is 9.97 Å². The predicted octanol–water partition coefficient (Wildman–Crippen LogP) is 14.4. The number of aromatic hydroxyl groups is 2. The highest BCUT2D eigenvalue weighted by molar-refractivity contribution is 5.91. The van der Waals surface area contributed by atoms with Gasteiger partial charge < -0.3 is 19.7 Å². The minimum atomic E-state index is -0.240. The summed E-state index contributed by atoms with van der Waals surface area (Å²) in [6.07, 6.45) is 25.6. The number of aromatic nitrogens is 2. The Morgan fingerprint density at radius 2 is 1.09 bits per heavy atom. The first-order valence-corrected chi connectivity index (χ1v) is 24.4. The van der Waals surface area contributed by atoms with Gasteiger partial charge >= 0.3 is 0 Å². The third-order valence-electron chi connectivity index (χ3n) is 14.6. The van der Waals surface area contributed by atoms with Crippen molar-refractivity contribution in [3.63, 3.8) is 0 Å². The molecule has 5 aliphatic carbocycles. The quantitative estimate of drug-likeness (QED) is 0.146. The molecule has 0 aliphatic heterocycles. The maximum atomic E-state index is 12.4. The summed E-state index contributed by atoms with van der Waals surface area (Å²) in [5.41, 5.74) is 21.0. The molecular weight excluding hydrogens is 789 g/mol. The zero-order valence-electron chi connectivity index (χ0n) is 38.4. The summed E-state index contributed by atoms with van der Waals surface area (Å²) in [6.45, 7) is 8.37. The Morgan fingerprint density at radius 1 is 0.578 bits per heavy atom. The number of hydrogen-bond acceptors (Lipinski definition) is 6. The molecule has 1 saturated carbocycles. The van der Waals surface area contributed by atoms with Crippen LogP contribution in [0.2, 0.25) is 0 Å². The van der Waals surface area contributed by atoms with E-state index < -0.39 is 0 Å². The fourth-order valence-corrected chi connectivity index (χ4v) is 11.8. The standard InChI is InChI=1S/C58H64N2O4/c1-35-27-47(53-43-19-6-5-15-39(33-43)32-40-16-7-10-20-44(40)53)57(61)49(29-35)55-51(23-13-25-59-55)63-37(3)31-38(4)64-52-24-14-26-60-56(52)50-30-36(2)28-48(58(50)62)54-45-21-11-8-17-41(45)34-42-18-9-12-22-46(42)54/h13-14,23-30,32,34,37-38,61-62H,5-12,15-22,31,33H2,1-4H3/t37-,38?/m1/s1. The van der Waals surface area contributed by atoms with E-state index in [1.54, 1.807) is 18.0 Å². The molecule has 3 aromatic carbocycles. The molecule has 5 aliphatic rings. The maximum absolute atomic E-state index is 12.4. The molecule has 0 amide bonds. The van der Waals surface area contributed by atoms with E-state index in [0.717, 1.165) is 73.6 Å². The lowest BCUT2D eigenvalue weighted by Gasteiger charge is -2.28. The lowest BCUT2D eigenvalue weighted by molar-refractivity contribution is 0.131. The Labute approximate surface area is 380 Å². The molecule has 64 heavy (non-hydrogen) atoms. The topological polar surface area (TPSA) is 84.7 Å². The number of rotatable bonds is 10. The molecule has 1 unspecified atom stereocenters. The molecule has 0 radical (unpaired) electrons. The van der Waals surface area contributed by atoms with E-state index in [9.17, 15) is 10.2 Å². The molecule has 5 aromatic rings. The summed E-state index contributed by atoms with van der Waals surface area (Å²) in [6, 6.07) is 18.7. The highest BCUT2D eigenvalue weighted by Crippen LogP contribution is 2.51. The van der Waals surface area contributed by atoms with Crippen LogP contribution in [0.15, 0.2) is 95.4 Å². The molecule has 10 rings (SSSR count). The van der Waals surface area contributed by atoms with Crippen molar-refractivity contribution in [3.05, 3.63) is 134 Å². The molecule has 6 heteroatoms. The van der Waals surface area contributed by atoms with Gasteiger partial charge in [-0.2, -0.15) is 0 Å². The van der Waals surface area contributed by atoms with Crippen molar-refractivity contribution >= 4 is 5.57 Å². The fourth-order valence-electron chi connectivity index (χ4n) is 11.8. The van der Waals surface area contributed by atoms with Crippen LogP contribution in [-0.2, 0) is 25.7 Å². The number of nitrogens with zero attached hydrogens (tertiary/aromatic N) is 2. The van der Waals surface area contributed by atoms with Crippen molar-refractivity contribution in [3.8, 4) is 56.6 Å². The molecule has 2 heterocycles. The second-order valence-electron chi connectivity index (χ2n) is 19.5. The highest BCUT2D eigenvalue weighted by atomic mass is 16.5. The maximum Gasteiger partial charge on any atom is 0.146 e. The van der Waals surface area contributed by atoms with Crippen LogP contribution in [0.3, 0.4) is 0 Å². The van der Waals surface area contributed by atoms with E-state index in [1.165, 1.54) is 108 Å². The second kappa shape index (κ2) is 18.1. The lowest BCUT2D eigenvalue weighted by atomic mass is 9.76. The summed E-state index contributed by atoms with van der Waals surface area (Å²) < 4.78 is 13.5. The molecule has 1 fully saturated rings. The Bertz CT molecular complexity index is 2690. The number of allylic oxidation sites excluding steroid dienone is 6. The minimum absolute atomic E-state index is 0.240. The van der Waals surface area contributed by atoms with Crippen molar-refractivity contribution in [2.24, 2.45) is 0 Å². The molecule has 2 atom stereocenters. The van der Waals surface area contributed by atoms with Crippen LogP contribution in [0.5, 0.6) is 23.0 Å². The summed E-state index contributed by atoms with van der Waals surface area (Å²) >= 11 is 0. The van der Waals surface area contributed by atoms with Crippen LogP contribution < -0.4 is 9.47 Å². The molecule has 0 spiro atoms. The van der Waals surface area contributed by atoms with Crippen LogP contribution >= 0.6 is 0 Å². The zero-order chi connectivity index (χ0) is 43.9. The van der Waals surface area contributed by atoms with Crippen LogP contribution in [0, 0.1) is 13.8 Å². The van der Waals surface area contributed by atoms with Crippen molar-refractivity contribution in [1.82, 2.24) is 9.97 Å². The molecular formula is C58H64N2O4. The van der Waals surface area contributed by atoms with Crippen molar-refractivity contribution in [2.45, 2.75) is 155 Å². The molecule has 0 saturated heterocycles. The summed E-state index contributed by atoms with van der Waals surface area (Å²) in [7, 11) is 0. The van der Waals surface area contributed by atoms with Gasteiger partial charge in [-0.25, -0.2) is 0 Å². The first kappa shape index (κ1) is 42.3. The van der Waals surface area contributed by atoms with E-state index in [4.69, 9.17) is 19.4 Å². The van der Waals surface area contributed by atoms with Gasteiger partial charge in [0, 0.05) is 41.1 Å². The zero-order valence-corrected chi connectivity index (χ0v) is 38.4. The average molecular weight is 853 g/mol. The van der Waals surface area contributed by atoms with E-state index >= 15 is 0 Å². The smallest absolute Gasteiger partial charge is 0.146 e. The van der Waals surface area contributed by atoms with Crippen molar-refractivity contribution in [2.75, 3.05) is 0 Å². The molecule has 2 N–H and O–H groups in total. The van der Waals surface area contributed by atoms with Crippen LogP contribution in [0.1, 0.15) is 143 Å². The van der Waals surface area contributed by atoms with Gasteiger partial charge in [0.05, 0.1) is 12.2 Å². The van der Waals surface area contributed by atoms with E-state index in [0.29, 0.717) is 40.4 Å². The van der Waals surface area contributed by atoms with Gasteiger partial charge in [0.1, 0.15) is 34.4 Å².